The van der Waals surface area contributed by atoms with Crippen LogP contribution in [0.2, 0.25) is 0 Å². The highest BCUT2D eigenvalue weighted by molar-refractivity contribution is 5.68. The smallest absolute Gasteiger partial charge is 0.410 e. The van der Waals surface area contributed by atoms with Gasteiger partial charge in [0.05, 0.1) is 32.0 Å². The van der Waals surface area contributed by atoms with Crippen LogP contribution in [-0.4, -0.2) is 113 Å². The van der Waals surface area contributed by atoms with Gasteiger partial charge >= 0.3 is 12.1 Å². The number of carboxylic acids is 1. The van der Waals surface area contributed by atoms with Crippen LogP contribution < -0.4 is 0 Å². The summed E-state index contributed by atoms with van der Waals surface area (Å²) in [5.74, 6) is -0.884. The topological polar surface area (TPSA) is 138 Å². The Hall–Kier alpha value is -1.50. The Morgan fingerprint density at radius 3 is 2.05 bits per heavy atom. The number of carbonyl (C=O) groups excluding carboxylic acids is 1. The van der Waals surface area contributed by atoms with Crippen molar-refractivity contribution in [1.29, 1.82) is 0 Å². The molecule has 0 radical (unpaired) electrons. The normalized spacial score (nSPS) is 17.2. The molecule has 0 saturated carbocycles. The summed E-state index contributed by atoms with van der Waals surface area (Å²) in [6.45, 7) is 14.1. The second-order valence-corrected chi connectivity index (χ2v) is 11.4. The number of aliphatic hydroxyl groups is 2. The van der Waals surface area contributed by atoms with Crippen molar-refractivity contribution in [2.75, 3.05) is 46.1 Å². The van der Waals surface area contributed by atoms with Crippen molar-refractivity contribution in [3.8, 4) is 0 Å². The van der Waals surface area contributed by atoms with Gasteiger partial charge in [-0.25, -0.2) is 4.79 Å². The van der Waals surface area contributed by atoms with Crippen molar-refractivity contribution in [3.05, 3.63) is 0 Å². The molecule has 1 heterocycles. The molecule has 2 atom stereocenters. The third-order valence-corrected chi connectivity index (χ3v) is 5.69. The molecule has 1 aliphatic heterocycles. The fraction of sp³-hybridized carbons (Fsp3) is 0.923. The fourth-order valence-electron chi connectivity index (χ4n) is 4.03. The third kappa shape index (κ3) is 16.2. The van der Waals surface area contributed by atoms with Crippen LogP contribution in [0.3, 0.4) is 0 Å². The van der Waals surface area contributed by atoms with Gasteiger partial charge in [-0.15, -0.1) is 0 Å². The van der Waals surface area contributed by atoms with Gasteiger partial charge < -0.3 is 39.2 Å². The van der Waals surface area contributed by atoms with Crippen molar-refractivity contribution in [2.45, 2.75) is 110 Å². The van der Waals surface area contributed by atoms with E-state index in [0.29, 0.717) is 78.2 Å². The first-order chi connectivity index (χ1) is 17.2. The summed E-state index contributed by atoms with van der Waals surface area (Å²) >= 11 is 0. The van der Waals surface area contributed by atoms with Crippen LogP contribution in [0.15, 0.2) is 0 Å². The first-order valence-corrected chi connectivity index (χ1v) is 13.3. The lowest BCUT2D eigenvalue weighted by molar-refractivity contribution is -0.173. The monoisotopic (exact) mass is 534 g/mol. The quantitative estimate of drug-likeness (QED) is 0.200. The molecule has 1 aliphatic rings. The standard InChI is InChI=1S/C26H50N2O9/c1-25(2,3)36-23(32)12-16-34-18-19-35-17-15-28(21(29)8-7-9-22(30)31)20-10-13-27(14-11-20)24(33)37-26(4,5)6/h20-21,23,29,32H,7-19H2,1-6H3,(H,30,31). The number of carboxylic acid groups (broad SMARTS) is 1. The van der Waals surface area contributed by atoms with Crippen LogP contribution in [0.25, 0.3) is 0 Å². The second-order valence-electron chi connectivity index (χ2n) is 11.4. The average molecular weight is 535 g/mol. The van der Waals surface area contributed by atoms with E-state index in [1.54, 1.807) is 4.90 Å². The summed E-state index contributed by atoms with van der Waals surface area (Å²) in [7, 11) is 0. The molecule has 0 spiro atoms. The highest BCUT2D eigenvalue weighted by atomic mass is 16.6. The maximum Gasteiger partial charge on any atom is 0.410 e. The van der Waals surface area contributed by atoms with Crippen LogP contribution in [0.4, 0.5) is 4.79 Å². The number of aliphatic carboxylic acids is 1. The number of ether oxygens (including phenoxy) is 4. The molecule has 0 aromatic heterocycles. The molecule has 11 heteroatoms. The lowest BCUT2D eigenvalue weighted by Gasteiger charge is -2.41. The van der Waals surface area contributed by atoms with Crippen LogP contribution in [0, 0.1) is 0 Å². The maximum atomic E-state index is 12.4. The zero-order chi connectivity index (χ0) is 28.1. The van der Waals surface area contributed by atoms with E-state index in [1.807, 2.05) is 46.4 Å². The van der Waals surface area contributed by atoms with Gasteiger partial charge in [0.25, 0.3) is 0 Å². The molecular weight excluding hydrogens is 484 g/mol. The Kier molecular flexibility index (Phi) is 14.9. The summed E-state index contributed by atoms with van der Waals surface area (Å²) in [6, 6.07) is 0.0441. The van der Waals surface area contributed by atoms with E-state index in [4.69, 9.17) is 24.1 Å². The van der Waals surface area contributed by atoms with Crippen molar-refractivity contribution < 1.29 is 43.9 Å². The van der Waals surface area contributed by atoms with E-state index >= 15 is 0 Å². The molecule has 1 fully saturated rings. The third-order valence-electron chi connectivity index (χ3n) is 5.69. The number of amides is 1. The summed E-state index contributed by atoms with van der Waals surface area (Å²) in [5.41, 5.74) is -0.972. The van der Waals surface area contributed by atoms with Crippen molar-refractivity contribution in [1.82, 2.24) is 9.80 Å². The number of hydrogen-bond donors (Lipinski definition) is 3. The molecule has 1 saturated heterocycles. The minimum absolute atomic E-state index is 0.00527. The Labute approximate surface area is 222 Å². The number of piperidine rings is 1. The van der Waals surface area contributed by atoms with Crippen molar-refractivity contribution >= 4 is 12.1 Å². The Morgan fingerprint density at radius 2 is 1.51 bits per heavy atom. The zero-order valence-corrected chi connectivity index (χ0v) is 23.6. The predicted octanol–water partition coefficient (Wildman–Crippen LogP) is 2.82. The molecule has 0 aliphatic carbocycles. The van der Waals surface area contributed by atoms with E-state index in [2.05, 4.69) is 0 Å². The van der Waals surface area contributed by atoms with Crippen molar-refractivity contribution in [2.24, 2.45) is 0 Å². The number of hydrogen-bond acceptors (Lipinski definition) is 9. The Balaban J connectivity index is 2.45. The molecule has 0 aromatic carbocycles. The summed E-state index contributed by atoms with van der Waals surface area (Å²) in [6.07, 6.45) is 0.458. The first-order valence-electron chi connectivity index (χ1n) is 13.3. The van der Waals surface area contributed by atoms with Crippen molar-refractivity contribution in [3.63, 3.8) is 0 Å². The molecule has 11 nitrogen and oxygen atoms in total. The molecule has 0 aromatic rings. The second kappa shape index (κ2) is 16.5. The molecule has 37 heavy (non-hydrogen) atoms. The average Bonchev–Trinajstić information content (AvgIpc) is 2.75. The molecular formula is C26H50N2O9. The largest absolute Gasteiger partial charge is 0.481 e. The predicted molar refractivity (Wildman–Crippen MR) is 138 cm³/mol. The van der Waals surface area contributed by atoms with E-state index in [1.165, 1.54) is 0 Å². The molecule has 1 amide bonds. The minimum Gasteiger partial charge on any atom is -0.481 e. The Bertz CT molecular complexity index is 655. The molecule has 218 valence electrons. The van der Waals surface area contributed by atoms with E-state index in [0.717, 1.165) is 0 Å². The first kappa shape index (κ1) is 33.5. The van der Waals surface area contributed by atoms with Crippen LogP contribution >= 0.6 is 0 Å². The van der Waals surface area contributed by atoms with Gasteiger partial charge in [0, 0.05) is 38.5 Å². The van der Waals surface area contributed by atoms with Gasteiger partial charge in [-0.05, 0) is 67.2 Å². The van der Waals surface area contributed by atoms with E-state index < -0.39 is 29.7 Å². The summed E-state index contributed by atoms with van der Waals surface area (Å²) < 4.78 is 22.1. The number of likely N-dealkylation sites (tertiary alicyclic amines) is 1. The molecule has 3 N–H and O–H groups in total. The lowest BCUT2D eigenvalue weighted by atomic mass is 10.0. The SMILES string of the molecule is CC(C)(C)OC(=O)N1CCC(N(CCOCCOCCC(O)OC(C)(C)C)C(O)CCCC(=O)O)CC1. The van der Waals surface area contributed by atoms with Gasteiger partial charge in [0.2, 0.25) is 0 Å². The Morgan fingerprint density at radius 1 is 0.919 bits per heavy atom. The van der Waals surface area contributed by atoms with Gasteiger partial charge in [0.1, 0.15) is 11.8 Å². The summed E-state index contributed by atoms with van der Waals surface area (Å²) in [4.78, 5) is 26.9. The molecule has 0 bridgehead atoms. The number of nitrogens with zero attached hydrogens (tertiary/aromatic N) is 2. The van der Waals surface area contributed by atoms with Crippen LogP contribution in [0.5, 0.6) is 0 Å². The van der Waals surface area contributed by atoms with E-state index in [-0.39, 0.29) is 18.6 Å². The van der Waals surface area contributed by atoms with Gasteiger partial charge in [0.15, 0.2) is 6.29 Å². The van der Waals surface area contributed by atoms with E-state index in [9.17, 15) is 19.8 Å². The fourth-order valence-corrected chi connectivity index (χ4v) is 4.03. The van der Waals surface area contributed by atoms with Crippen LogP contribution in [0.1, 0.15) is 80.1 Å². The number of rotatable bonds is 16. The van der Waals surface area contributed by atoms with Gasteiger partial charge in [-0.3, -0.25) is 9.69 Å². The summed E-state index contributed by atoms with van der Waals surface area (Å²) in [5, 5.41) is 29.6. The van der Waals surface area contributed by atoms with Crippen LogP contribution in [-0.2, 0) is 23.7 Å². The number of aliphatic hydroxyl groups excluding tert-OH is 2. The number of carbonyl (C=O) groups is 2. The highest BCUT2D eigenvalue weighted by Crippen LogP contribution is 2.22. The van der Waals surface area contributed by atoms with Gasteiger partial charge in [-0.2, -0.15) is 0 Å². The maximum absolute atomic E-state index is 12.4. The zero-order valence-electron chi connectivity index (χ0n) is 23.6. The molecule has 2 unspecified atom stereocenters. The minimum atomic E-state index is -0.884. The van der Waals surface area contributed by atoms with Gasteiger partial charge in [-0.1, -0.05) is 0 Å². The highest BCUT2D eigenvalue weighted by Gasteiger charge is 2.32. The molecule has 1 rings (SSSR count). The lowest BCUT2D eigenvalue weighted by Crippen LogP contribution is -2.51.